The van der Waals surface area contributed by atoms with Crippen molar-refractivity contribution in [3.8, 4) is 5.75 Å². The van der Waals surface area contributed by atoms with E-state index in [1.807, 2.05) is 0 Å². The molecular weight excluding hydrogens is 267 g/mol. The summed E-state index contributed by atoms with van der Waals surface area (Å²) in [4.78, 5) is 24.3. The molecule has 2 rings (SSSR count). The fraction of sp³-hybridized carbons (Fsp3) is 0.231. The van der Waals surface area contributed by atoms with Gasteiger partial charge in [0.2, 0.25) is 0 Å². The van der Waals surface area contributed by atoms with Crippen LogP contribution in [0.4, 0.5) is 10.1 Å². The molecule has 106 valence electrons. The number of aliphatic hydroxyl groups excluding tert-OH is 1. The molecule has 0 aromatic heterocycles. The third-order valence-electron chi connectivity index (χ3n) is 2.78. The number of hydrogen-bond acceptors (Lipinski definition) is 5. The van der Waals surface area contributed by atoms with Crippen molar-refractivity contribution in [1.82, 2.24) is 4.90 Å². The van der Waals surface area contributed by atoms with Crippen LogP contribution in [0.3, 0.4) is 0 Å². The van der Waals surface area contributed by atoms with Crippen molar-refractivity contribution in [2.75, 3.05) is 25.6 Å². The molecule has 1 aliphatic rings. The average Bonchev–Trinajstić information content (AvgIpc) is 2.69. The molecule has 2 amide bonds. The Labute approximate surface area is 114 Å². The summed E-state index contributed by atoms with van der Waals surface area (Å²) in [5, 5.41) is 11.3. The second-order valence-electron chi connectivity index (χ2n) is 4.05. The molecule has 2 N–H and O–H groups in total. The Hall–Kier alpha value is -2.41. The van der Waals surface area contributed by atoms with Crippen molar-refractivity contribution >= 4 is 17.5 Å². The third kappa shape index (κ3) is 2.62. The normalized spacial score (nSPS) is 14.6. The first-order chi connectivity index (χ1) is 9.56. The molecule has 20 heavy (non-hydrogen) atoms. The summed E-state index contributed by atoms with van der Waals surface area (Å²) < 4.78 is 18.6. The minimum absolute atomic E-state index is 0.0347. The number of β-amino-alcohol motifs (C(OH)–C–C–N with tert-alkyl or cyclic N) is 1. The zero-order valence-electron chi connectivity index (χ0n) is 10.7. The number of halogens is 1. The molecule has 0 saturated carbocycles. The van der Waals surface area contributed by atoms with Crippen LogP contribution in [0, 0.1) is 5.82 Å². The van der Waals surface area contributed by atoms with Gasteiger partial charge in [0.05, 0.1) is 25.9 Å². The Balaban J connectivity index is 2.17. The number of carbonyl (C=O) groups excluding carboxylic acids is 2. The van der Waals surface area contributed by atoms with Crippen LogP contribution in [0.25, 0.3) is 0 Å². The van der Waals surface area contributed by atoms with E-state index in [1.165, 1.54) is 19.2 Å². The van der Waals surface area contributed by atoms with E-state index in [2.05, 4.69) is 5.32 Å². The minimum atomic E-state index is -0.605. The van der Waals surface area contributed by atoms with Gasteiger partial charge in [0.25, 0.3) is 11.8 Å². The highest BCUT2D eigenvalue weighted by atomic mass is 19.1. The lowest BCUT2D eigenvalue weighted by molar-refractivity contribution is -0.137. The summed E-state index contributed by atoms with van der Waals surface area (Å²) in [6.07, 6.45) is 1.07. The van der Waals surface area contributed by atoms with Gasteiger partial charge in [-0.1, -0.05) is 0 Å². The number of carbonyl (C=O) groups is 2. The topological polar surface area (TPSA) is 78.9 Å². The lowest BCUT2D eigenvalue weighted by Crippen LogP contribution is -2.34. The SMILES string of the molecule is COc1ccc(NC2=CC(=O)N(CCO)C2=O)c(F)c1. The van der Waals surface area contributed by atoms with Crippen LogP contribution in [-0.2, 0) is 9.59 Å². The van der Waals surface area contributed by atoms with Crippen molar-refractivity contribution in [2.45, 2.75) is 0 Å². The van der Waals surface area contributed by atoms with Gasteiger partial charge in [-0.3, -0.25) is 14.5 Å². The molecule has 0 spiro atoms. The second kappa shape index (κ2) is 5.70. The molecule has 0 fully saturated rings. The third-order valence-corrected chi connectivity index (χ3v) is 2.78. The maximum absolute atomic E-state index is 13.7. The van der Waals surface area contributed by atoms with Crippen molar-refractivity contribution in [1.29, 1.82) is 0 Å². The molecule has 1 heterocycles. The first-order valence-corrected chi connectivity index (χ1v) is 5.85. The highest BCUT2D eigenvalue weighted by Crippen LogP contribution is 2.23. The van der Waals surface area contributed by atoms with Gasteiger partial charge in [-0.2, -0.15) is 0 Å². The van der Waals surface area contributed by atoms with Crippen LogP contribution in [0.2, 0.25) is 0 Å². The van der Waals surface area contributed by atoms with Crippen LogP contribution in [0.15, 0.2) is 30.0 Å². The Bertz CT molecular complexity index is 586. The van der Waals surface area contributed by atoms with Gasteiger partial charge >= 0.3 is 0 Å². The Morgan fingerprint density at radius 2 is 2.15 bits per heavy atom. The van der Waals surface area contributed by atoms with Crippen molar-refractivity contribution in [3.05, 3.63) is 35.8 Å². The number of rotatable bonds is 5. The maximum atomic E-state index is 13.7. The van der Waals surface area contributed by atoms with E-state index in [4.69, 9.17) is 9.84 Å². The standard InChI is InChI=1S/C13H13FN2O4/c1-20-8-2-3-10(9(14)6-8)15-11-7-12(18)16(4-5-17)13(11)19/h2-3,6-7,15,17H,4-5H2,1H3. The Morgan fingerprint density at radius 1 is 1.40 bits per heavy atom. The highest BCUT2D eigenvalue weighted by Gasteiger charge is 2.30. The van der Waals surface area contributed by atoms with Gasteiger partial charge in [0.1, 0.15) is 17.3 Å². The van der Waals surface area contributed by atoms with E-state index >= 15 is 0 Å². The number of amides is 2. The van der Waals surface area contributed by atoms with Crippen molar-refractivity contribution in [2.24, 2.45) is 0 Å². The van der Waals surface area contributed by atoms with Crippen LogP contribution in [0.5, 0.6) is 5.75 Å². The molecule has 0 atom stereocenters. The first kappa shape index (κ1) is 14.0. The smallest absolute Gasteiger partial charge is 0.277 e. The number of aliphatic hydroxyl groups is 1. The average molecular weight is 280 g/mol. The van der Waals surface area contributed by atoms with Crippen molar-refractivity contribution < 1.29 is 23.8 Å². The van der Waals surface area contributed by atoms with Crippen LogP contribution >= 0.6 is 0 Å². The second-order valence-corrected chi connectivity index (χ2v) is 4.05. The summed E-state index contributed by atoms with van der Waals surface area (Å²) in [5.74, 6) is -1.40. The predicted octanol–water partition coefficient (Wildman–Crippen LogP) is 0.491. The fourth-order valence-electron chi connectivity index (χ4n) is 1.78. The molecule has 7 heteroatoms. The molecule has 0 aliphatic carbocycles. The zero-order chi connectivity index (χ0) is 14.7. The van der Waals surface area contributed by atoms with Crippen LogP contribution < -0.4 is 10.1 Å². The Kier molecular flexibility index (Phi) is 3.99. The quantitative estimate of drug-likeness (QED) is 0.767. The lowest BCUT2D eigenvalue weighted by Gasteiger charge is -2.13. The van der Waals surface area contributed by atoms with Gasteiger partial charge in [0, 0.05) is 12.1 Å². The monoisotopic (exact) mass is 280 g/mol. The molecular formula is C13H13FN2O4. The largest absolute Gasteiger partial charge is 0.497 e. The van der Waals surface area contributed by atoms with Crippen molar-refractivity contribution in [3.63, 3.8) is 0 Å². The number of nitrogens with one attached hydrogen (secondary N) is 1. The Morgan fingerprint density at radius 3 is 2.75 bits per heavy atom. The van der Waals surface area contributed by atoms with Crippen LogP contribution in [-0.4, -0.2) is 42.1 Å². The molecule has 1 aromatic rings. The molecule has 0 radical (unpaired) electrons. The molecule has 0 bridgehead atoms. The van der Waals surface area contributed by atoms with Gasteiger partial charge in [-0.25, -0.2) is 4.39 Å². The van der Waals surface area contributed by atoms with E-state index in [9.17, 15) is 14.0 Å². The first-order valence-electron chi connectivity index (χ1n) is 5.85. The van der Waals surface area contributed by atoms with E-state index in [-0.39, 0.29) is 24.5 Å². The lowest BCUT2D eigenvalue weighted by atomic mass is 10.2. The summed E-state index contributed by atoms with van der Waals surface area (Å²) in [7, 11) is 1.41. The highest BCUT2D eigenvalue weighted by molar-refractivity contribution is 6.17. The molecule has 0 unspecified atom stereocenters. The number of benzene rings is 1. The summed E-state index contributed by atoms with van der Waals surface area (Å²) in [5.41, 5.74) is 0.0246. The number of methoxy groups -OCH3 is 1. The van der Waals surface area contributed by atoms with Gasteiger partial charge < -0.3 is 15.2 Å². The summed E-state index contributed by atoms with van der Waals surface area (Å²) in [6.45, 7) is -0.417. The van der Waals surface area contributed by atoms with E-state index < -0.39 is 17.6 Å². The summed E-state index contributed by atoms with van der Waals surface area (Å²) >= 11 is 0. The maximum Gasteiger partial charge on any atom is 0.277 e. The number of imide groups is 1. The van der Waals surface area contributed by atoms with E-state index in [1.54, 1.807) is 0 Å². The van der Waals surface area contributed by atoms with Gasteiger partial charge in [0.15, 0.2) is 0 Å². The molecule has 0 saturated heterocycles. The van der Waals surface area contributed by atoms with Crippen LogP contribution in [0.1, 0.15) is 0 Å². The van der Waals surface area contributed by atoms with Gasteiger partial charge in [-0.05, 0) is 12.1 Å². The number of anilines is 1. The van der Waals surface area contributed by atoms with Gasteiger partial charge in [-0.15, -0.1) is 0 Å². The fourth-order valence-corrected chi connectivity index (χ4v) is 1.78. The molecule has 1 aliphatic heterocycles. The molecule has 6 nitrogen and oxygen atoms in total. The zero-order valence-corrected chi connectivity index (χ0v) is 10.7. The number of hydrogen-bond donors (Lipinski definition) is 2. The minimum Gasteiger partial charge on any atom is -0.497 e. The number of ether oxygens (including phenoxy) is 1. The van der Waals surface area contributed by atoms with E-state index in [0.29, 0.717) is 5.75 Å². The summed E-state index contributed by atoms with van der Waals surface area (Å²) in [6, 6.07) is 4.09. The van der Waals surface area contributed by atoms with E-state index in [0.717, 1.165) is 17.0 Å². The number of nitrogens with zero attached hydrogens (tertiary/aromatic N) is 1. The predicted molar refractivity (Wildman–Crippen MR) is 68.5 cm³/mol. The molecule has 1 aromatic carbocycles.